The number of hydrogen-bond acceptors (Lipinski definition) is 3. The molecule has 1 aliphatic heterocycles. The average Bonchev–Trinajstić information content (AvgIpc) is 2.19. The van der Waals surface area contributed by atoms with Gasteiger partial charge in [-0.1, -0.05) is 6.92 Å². The van der Waals surface area contributed by atoms with Gasteiger partial charge in [0.25, 0.3) is 5.91 Å². The third kappa shape index (κ3) is 3.32. The van der Waals surface area contributed by atoms with Gasteiger partial charge >= 0.3 is 0 Å². The highest BCUT2D eigenvalue weighted by Crippen LogP contribution is 2.05. The monoisotopic (exact) mass is 187 g/mol. The van der Waals surface area contributed by atoms with E-state index in [9.17, 15) is 4.79 Å². The van der Waals surface area contributed by atoms with Crippen molar-refractivity contribution in [1.29, 1.82) is 0 Å². The molecule has 1 N–H and O–H groups in total. The molecule has 4 nitrogen and oxygen atoms in total. The Morgan fingerprint density at radius 3 is 2.69 bits per heavy atom. The zero-order chi connectivity index (χ0) is 9.68. The van der Waals surface area contributed by atoms with Crippen molar-refractivity contribution < 1.29 is 14.3 Å². The highest BCUT2D eigenvalue weighted by Gasteiger charge is 2.23. The van der Waals surface area contributed by atoms with E-state index in [1.54, 1.807) is 0 Å². The van der Waals surface area contributed by atoms with Crippen LogP contribution in [0.5, 0.6) is 0 Å². The van der Waals surface area contributed by atoms with Crippen LogP contribution in [0.25, 0.3) is 0 Å². The van der Waals surface area contributed by atoms with Crippen molar-refractivity contribution in [2.75, 3.05) is 13.2 Å². The highest BCUT2D eigenvalue weighted by molar-refractivity contribution is 5.79. The molecule has 13 heavy (non-hydrogen) atoms. The number of carbonyl (C=O) groups excluding carboxylic acids is 1. The van der Waals surface area contributed by atoms with Crippen LogP contribution in [0.4, 0.5) is 0 Å². The van der Waals surface area contributed by atoms with Crippen LogP contribution >= 0.6 is 0 Å². The molecule has 1 rings (SSSR count). The highest BCUT2D eigenvalue weighted by atomic mass is 16.7. The molecule has 1 saturated heterocycles. The van der Waals surface area contributed by atoms with Crippen molar-refractivity contribution in [1.82, 2.24) is 5.32 Å². The fourth-order valence-corrected chi connectivity index (χ4v) is 1.05. The molecule has 0 aromatic carbocycles. The van der Waals surface area contributed by atoms with Gasteiger partial charge in [-0.25, -0.2) is 0 Å². The Balaban J connectivity index is 2.29. The van der Waals surface area contributed by atoms with Crippen molar-refractivity contribution in [3.8, 4) is 0 Å². The molecule has 0 aromatic heterocycles. The average molecular weight is 187 g/mol. The molecular formula is C9H17NO3. The van der Waals surface area contributed by atoms with Crippen molar-refractivity contribution in [2.24, 2.45) is 0 Å². The molecule has 4 heteroatoms. The second-order valence-electron chi connectivity index (χ2n) is 3.24. The van der Waals surface area contributed by atoms with Gasteiger partial charge in [-0.15, -0.1) is 0 Å². The molecular weight excluding hydrogens is 170 g/mol. The number of nitrogens with one attached hydrogen (secondary N) is 1. The van der Waals surface area contributed by atoms with Gasteiger partial charge in [-0.05, 0) is 19.8 Å². The Morgan fingerprint density at radius 1 is 1.54 bits per heavy atom. The summed E-state index contributed by atoms with van der Waals surface area (Å²) in [7, 11) is 0. The molecule has 0 aromatic rings. The van der Waals surface area contributed by atoms with Crippen LogP contribution in [-0.2, 0) is 14.3 Å². The third-order valence-corrected chi connectivity index (χ3v) is 2.04. The fourth-order valence-electron chi connectivity index (χ4n) is 1.05. The molecule has 0 saturated carbocycles. The van der Waals surface area contributed by atoms with Crippen LogP contribution in [-0.4, -0.2) is 31.5 Å². The predicted molar refractivity (Wildman–Crippen MR) is 48.2 cm³/mol. The number of hydrogen-bond donors (Lipinski definition) is 1. The lowest BCUT2D eigenvalue weighted by Crippen LogP contribution is -2.44. The quantitative estimate of drug-likeness (QED) is 0.706. The summed E-state index contributed by atoms with van der Waals surface area (Å²) in [6, 6.07) is 0.182. The Bertz CT molecular complexity index is 166. The summed E-state index contributed by atoms with van der Waals surface area (Å²) in [5.41, 5.74) is 0. The number of rotatable bonds is 3. The van der Waals surface area contributed by atoms with E-state index >= 15 is 0 Å². The van der Waals surface area contributed by atoms with Crippen LogP contribution in [0.2, 0.25) is 0 Å². The minimum atomic E-state index is -0.692. The van der Waals surface area contributed by atoms with Gasteiger partial charge in [-0.2, -0.15) is 0 Å². The first-order valence-electron chi connectivity index (χ1n) is 4.77. The largest absolute Gasteiger partial charge is 0.349 e. The zero-order valence-corrected chi connectivity index (χ0v) is 8.21. The Morgan fingerprint density at radius 2 is 2.15 bits per heavy atom. The molecule has 76 valence electrons. The smallest absolute Gasteiger partial charge is 0.277 e. The van der Waals surface area contributed by atoms with Gasteiger partial charge in [0.15, 0.2) is 0 Å². The summed E-state index contributed by atoms with van der Waals surface area (Å²) in [5.74, 6) is -0.158. The molecule has 1 amide bonds. The molecule has 0 radical (unpaired) electrons. The zero-order valence-electron chi connectivity index (χ0n) is 8.21. The van der Waals surface area contributed by atoms with E-state index in [1.807, 2.05) is 13.8 Å². The topological polar surface area (TPSA) is 47.6 Å². The van der Waals surface area contributed by atoms with Crippen LogP contribution in [0, 0.1) is 0 Å². The maximum absolute atomic E-state index is 11.4. The predicted octanol–water partition coefficient (Wildman–Crippen LogP) is 0.664. The Kier molecular flexibility index (Phi) is 4.18. The molecule has 0 spiro atoms. The molecule has 1 aliphatic rings. The van der Waals surface area contributed by atoms with Crippen molar-refractivity contribution >= 4 is 5.91 Å². The summed E-state index contributed by atoms with van der Waals surface area (Å²) < 4.78 is 10.3. The molecule has 1 atom stereocenters. The van der Waals surface area contributed by atoms with Crippen LogP contribution in [0.15, 0.2) is 0 Å². The maximum atomic E-state index is 11.4. The summed E-state index contributed by atoms with van der Waals surface area (Å²) in [4.78, 5) is 11.4. The lowest BCUT2D eigenvalue weighted by atomic mass is 10.2. The van der Waals surface area contributed by atoms with Gasteiger partial charge in [0.1, 0.15) is 0 Å². The van der Waals surface area contributed by atoms with E-state index in [4.69, 9.17) is 9.47 Å². The SMILES string of the molecule is CCC(C)NC(=O)C1OCCCO1. The second-order valence-corrected chi connectivity index (χ2v) is 3.24. The second kappa shape index (κ2) is 5.19. The van der Waals surface area contributed by atoms with E-state index in [0.29, 0.717) is 13.2 Å². The van der Waals surface area contributed by atoms with E-state index in [0.717, 1.165) is 12.8 Å². The number of amides is 1. The molecule has 1 fully saturated rings. The first kappa shape index (κ1) is 10.5. The molecule has 1 unspecified atom stereocenters. The van der Waals surface area contributed by atoms with Crippen molar-refractivity contribution in [3.63, 3.8) is 0 Å². The summed E-state index contributed by atoms with van der Waals surface area (Å²) in [6.07, 6.45) is 1.09. The van der Waals surface area contributed by atoms with Crippen molar-refractivity contribution in [3.05, 3.63) is 0 Å². The lowest BCUT2D eigenvalue weighted by molar-refractivity contribution is -0.190. The number of ether oxygens (including phenoxy) is 2. The third-order valence-electron chi connectivity index (χ3n) is 2.04. The maximum Gasteiger partial charge on any atom is 0.277 e. The molecule has 0 aliphatic carbocycles. The van der Waals surface area contributed by atoms with Gasteiger partial charge in [0, 0.05) is 6.04 Å². The number of carbonyl (C=O) groups is 1. The van der Waals surface area contributed by atoms with E-state index < -0.39 is 6.29 Å². The summed E-state index contributed by atoms with van der Waals surface area (Å²) in [5, 5.41) is 2.81. The van der Waals surface area contributed by atoms with E-state index in [-0.39, 0.29) is 11.9 Å². The minimum absolute atomic E-state index is 0.158. The van der Waals surface area contributed by atoms with Gasteiger partial charge < -0.3 is 14.8 Å². The summed E-state index contributed by atoms with van der Waals surface area (Å²) in [6.45, 7) is 5.20. The molecule has 0 bridgehead atoms. The first-order valence-corrected chi connectivity index (χ1v) is 4.77. The van der Waals surface area contributed by atoms with Crippen LogP contribution < -0.4 is 5.32 Å². The van der Waals surface area contributed by atoms with Crippen LogP contribution in [0.1, 0.15) is 26.7 Å². The van der Waals surface area contributed by atoms with Gasteiger partial charge in [0.05, 0.1) is 13.2 Å². The minimum Gasteiger partial charge on any atom is -0.349 e. The standard InChI is InChI=1S/C9H17NO3/c1-3-7(2)10-8(11)9-12-5-4-6-13-9/h7,9H,3-6H2,1-2H3,(H,10,11). The normalized spacial score (nSPS) is 21.1. The Hall–Kier alpha value is -0.610. The fraction of sp³-hybridized carbons (Fsp3) is 0.889. The van der Waals surface area contributed by atoms with E-state index in [1.165, 1.54) is 0 Å². The summed E-state index contributed by atoms with van der Waals surface area (Å²) >= 11 is 0. The molecule has 1 heterocycles. The Labute approximate surface area is 78.6 Å². The van der Waals surface area contributed by atoms with Gasteiger partial charge in [0.2, 0.25) is 6.29 Å². The van der Waals surface area contributed by atoms with Crippen molar-refractivity contribution in [2.45, 2.75) is 39.0 Å². The first-order chi connectivity index (χ1) is 6.24. The lowest BCUT2D eigenvalue weighted by Gasteiger charge is -2.23. The van der Waals surface area contributed by atoms with E-state index in [2.05, 4.69) is 5.32 Å². The van der Waals surface area contributed by atoms with Gasteiger partial charge in [-0.3, -0.25) is 4.79 Å². The van der Waals surface area contributed by atoms with Crippen LogP contribution in [0.3, 0.4) is 0 Å².